The number of aromatic nitrogens is 2. The van der Waals surface area contributed by atoms with Gasteiger partial charge in [0.05, 0.1) is 12.2 Å². The molecule has 94 valence electrons. The number of nitrogens with zero attached hydrogens (tertiary/aromatic N) is 2. The third-order valence-corrected chi connectivity index (χ3v) is 2.35. The molecule has 0 unspecified atom stereocenters. The Kier molecular flexibility index (Phi) is 3.62. The third-order valence-electron chi connectivity index (χ3n) is 2.35. The van der Waals surface area contributed by atoms with Crippen LogP contribution in [-0.2, 0) is 0 Å². The van der Waals surface area contributed by atoms with Gasteiger partial charge in [-0.15, -0.1) is 0 Å². The second kappa shape index (κ2) is 5.35. The number of hydrogen-bond acceptors (Lipinski definition) is 5. The standard InChI is InChI=1S/C13H15N3O2/c1-3-17-12-9(2)13(16-8-15-12)18-11-6-4-5-10(14)7-11/h4-8H,3,14H2,1-2H3. The van der Waals surface area contributed by atoms with E-state index in [9.17, 15) is 0 Å². The zero-order chi connectivity index (χ0) is 13.0. The average molecular weight is 245 g/mol. The molecule has 0 fully saturated rings. The highest BCUT2D eigenvalue weighted by Crippen LogP contribution is 2.27. The molecule has 0 atom stereocenters. The molecular weight excluding hydrogens is 230 g/mol. The van der Waals surface area contributed by atoms with Crippen LogP contribution in [0.15, 0.2) is 30.6 Å². The fourth-order valence-corrected chi connectivity index (χ4v) is 1.49. The van der Waals surface area contributed by atoms with Crippen LogP contribution in [0.2, 0.25) is 0 Å². The van der Waals surface area contributed by atoms with E-state index in [1.54, 1.807) is 12.1 Å². The summed E-state index contributed by atoms with van der Waals surface area (Å²) in [7, 11) is 0. The van der Waals surface area contributed by atoms with E-state index in [0.717, 1.165) is 5.56 Å². The maximum atomic E-state index is 5.69. The molecule has 0 radical (unpaired) electrons. The lowest BCUT2D eigenvalue weighted by Gasteiger charge is -2.10. The van der Waals surface area contributed by atoms with Crippen LogP contribution in [0.1, 0.15) is 12.5 Å². The van der Waals surface area contributed by atoms with Crippen LogP contribution in [0.5, 0.6) is 17.5 Å². The van der Waals surface area contributed by atoms with Crippen molar-refractivity contribution in [3.63, 3.8) is 0 Å². The Labute approximate surface area is 106 Å². The van der Waals surface area contributed by atoms with Gasteiger partial charge in [-0.1, -0.05) is 6.07 Å². The zero-order valence-corrected chi connectivity index (χ0v) is 10.4. The number of hydrogen-bond donors (Lipinski definition) is 1. The molecule has 0 saturated carbocycles. The Balaban J connectivity index is 2.26. The van der Waals surface area contributed by atoms with E-state index in [4.69, 9.17) is 15.2 Å². The van der Waals surface area contributed by atoms with Crippen molar-refractivity contribution in [3.8, 4) is 17.5 Å². The van der Waals surface area contributed by atoms with Crippen LogP contribution in [0.3, 0.4) is 0 Å². The fraction of sp³-hybridized carbons (Fsp3) is 0.231. The molecule has 5 nitrogen and oxygen atoms in total. The van der Waals surface area contributed by atoms with Crippen LogP contribution in [0.25, 0.3) is 0 Å². The minimum atomic E-state index is 0.471. The summed E-state index contributed by atoms with van der Waals surface area (Å²) in [6.07, 6.45) is 1.42. The number of benzene rings is 1. The molecule has 0 amide bonds. The predicted molar refractivity (Wildman–Crippen MR) is 68.9 cm³/mol. The Morgan fingerprint density at radius 3 is 2.72 bits per heavy atom. The molecule has 0 spiro atoms. The van der Waals surface area contributed by atoms with Crippen molar-refractivity contribution >= 4 is 5.69 Å². The van der Waals surface area contributed by atoms with Crippen molar-refractivity contribution in [3.05, 3.63) is 36.2 Å². The summed E-state index contributed by atoms with van der Waals surface area (Å²) in [5.74, 6) is 1.64. The van der Waals surface area contributed by atoms with E-state index in [1.807, 2.05) is 26.0 Å². The molecule has 5 heteroatoms. The predicted octanol–water partition coefficient (Wildman–Crippen LogP) is 2.56. The largest absolute Gasteiger partial charge is 0.478 e. The first-order valence-corrected chi connectivity index (χ1v) is 5.68. The van der Waals surface area contributed by atoms with Gasteiger partial charge in [0.1, 0.15) is 12.1 Å². The highest BCUT2D eigenvalue weighted by molar-refractivity contribution is 5.45. The van der Waals surface area contributed by atoms with E-state index >= 15 is 0 Å². The fourth-order valence-electron chi connectivity index (χ4n) is 1.49. The van der Waals surface area contributed by atoms with Gasteiger partial charge < -0.3 is 15.2 Å². The summed E-state index contributed by atoms with van der Waals surface area (Å²) in [4.78, 5) is 8.14. The molecule has 0 bridgehead atoms. The van der Waals surface area contributed by atoms with Crippen molar-refractivity contribution in [2.75, 3.05) is 12.3 Å². The quantitative estimate of drug-likeness (QED) is 0.838. The Morgan fingerprint density at radius 2 is 2.00 bits per heavy atom. The van der Waals surface area contributed by atoms with Gasteiger partial charge in [-0.25, -0.2) is 9.97 Å². The monoisotopic (exact) mass is 245 g/mol. The summed E-state index contributed by atoms with van der Waals surface area (Å²) in [6, 6.07) is 7.18. The van der Waals surface area contributed by atoms with Gasteiger partial charge in [-0.3, -0.25) is 0 Å². The second-order valence-electron chi connectivity index (χ2n) is 3.72. The number of rotatable bonds is 4. The van der Waals surface area contributed by atoms with Crippen LogP contribution in [0.4, 0.5) is 5.69 Å². The minimum absolute atomic E-state index is 0.471. The van der Waals surface area contributed by atoms with Gasteiger partial charge in [-0.05, 0) is 26.0 Å². The lowest BCUT2D eigenvalue weighted by Crippen LogP contribution is -2.00. The van der Waals surface area contributed by atoms with E-state index in [-0.39, 0.29) is 0 Å². The smallest absolute Gasteiger partial charge is 0.229 e. The van der Waals surface area contributed by atoms with Crippen molar-refractivity contribution < 1.29 is 9.47 Å². The lowest BCUT2D eigenvalue weighted by atomic mass is 10.3. The van der Waals surface area contributed by atoms with E-state index in [0.29, 0.717) is 29.8 Å². The topological polar surface area (TPSA) is 70.3 Å². The molecule has 1 aromatic heterocycles. The molecule has 2 N–H and O–H groups in total. The maximum absolute atomic E-state index is 5.69. The molecule has 1 heterocycles. The normalized spacial score (nSPS) is 10.1. The van der Waals surface area contributed by atoms with Crippen molar-refractivity contribution in [1.82, 2.24) is 9.97 Å². The number of ether oxygens (including phenoxy) is 2. The maximum Gasteiger partial charge on any atom is 0.229 e. The van der Waals surface area contributed by atoms with E-state index in [2.05, 4.69) is 9.97 Å². The van der Waals surface area contributed by atoms with Gasteiger partial charge >= 0.3 is 0 Å². The Bertz CT molecular complexity index is 544. The first kappa shape index (κ1) is 12.2. The van der Waals surface area contributed by atoms with Crippen molar-refractivity contribution in [2.45, 2.75) is 13.8 Å². The van der Waals surface area contributed by atoms with Gasteiger partial charge in [0.2, 0.25) is 11.8 Å². The molecule has 0 aliphatic carbocycles. The van der Waals surface area contributed by atoms with Crippen LogP contribution >= 0.6 is 0 Å². The zero-order valence-electron chi connectivity index (χ0n) is 10.4. The Morgan fingerprint density at radius 1 is 1.22 bits per heavy atom. The Hall–Kier alpha value is -2.30. The SMILES string of the molecule is CCOc1ncnc(Oc2cccc(N)c2)c1C. The van der Waals surface area contributed by atoms with Gasteiger partial charge in [0, 0.05) is 11.8 Å². The first-order valence-electron chi connectivity index (χ1n) is 5.68. The summed E-state index contributed by atoms with van der Waals surface area (Å²) < 4.78 is 11.0. The second-order valence-corrected chi connectivity index (χ2v) is 3.72. The highest BCUT2D eigenvalue weighted by Gasteiger charge is 2.09. The van der Waals surface area contributed by atoms with Crippen LogP contribution < -0.4 is 15.2 Å². The average Bonchev–Trinajstić information content (AvgIpc) is 2.35. The minimum Gasteiger partial charge on any atom is -0.478 e. The molecule has 18 heavy (non-hydrogen) atoms. The molecule has 2 rings (SSSR count). The first-order chi connectivity index (χ1) is 8.70. The lowest BCUT2D eigenvalue weighted by molar-refractivity contribution is 0.319. The molecular formula is C13H15N3O2. The molecule has 0 aliphatic rings. The molecule has 0 aliphatic heterocycles. The highest BCUT2D eigenvalue weighted by atomic mass is 16.5. The molecule has 0 saturated heterocycles. The van der Waals surface area contributed by atoms with E-state index in [1.165, 1.54) is 6.33 Å². The third kappa shape index (κ3) is 2.68. The number of nitrogens with two attached hydrogens (primary N) is 1. The van der Waals surface area contributed by atoms with Crippen LogP contribution in [-0.4, -0.2) is 16.6 Å². The summed E-state index contributed by atoms with van der Waals surface area (Å²) in [6.45, 7) is 4.31. The summed E-state index contributed by atoms with van der Waals surface area (Å²) in [5, 5.41) is 0. The van der Waals surface area contributed by atoms with Gasteiger partial charge in [-0.2, -0.15) is 0 Å². The number of nitrogen functional groups attached to an aromatic ring is 1. The van der Waals surface area contributed by atoms with Crippen LogP contribution in [0, 0.1) is 6.92 Å². The molecule has 1 aromatic carbocycles. The number of anilines is 1. The van der Waals surface area contributed by atoms with E-state index < -0.39 is 0 Å². The van der Waals surface area contributed by atoms with Crippen molar-refractivity contribution in [2.24, 2.45) is 0 Å². The molecule has 2 aromatic rings. The van der Waals surface area contributed by atoms with Gasteiger partial charge in [0.15, 0.2) is 0 Å². The summed E-state index contributed by atoms with van der Waals surface area (Å²) in [5.41, 5.74) is 7.10. The summed E-state index contributed by atoms with van der Waals surface area (Å²) >= 11 is 0. The van der Waals surface area contributed by atoms with Crippen molar-refractivity contribution in [1.29, 1.82) is 0 Å². The van der Waals surface area contributed by atoms with Gasteiger partial charge in [0.25, 0.3) is 0 Å².